The number of ketones is 1. The molecule has 1 aromatic heterocycles. The summed E-state index contributed by atoms with van der Waals surface area (Å²) in [5, 5.41) is 5.54. The van der Waals surface area contributed by atoms with Crippen LogP contribution in [0.3, 0.4) is 0 Å². The number of hydrogen-bond acceptors (Lipinski definition) is 3. The molecule has 1 aliphatic carbocycles. The van der Waals surface area contributed by atoms with Crippen LogP contribution in [0.4, 0.5) is 16.2 Å². The molecule has 2 N–H and O–H groups in total. The second-order valence-corrected chi connectivity index (χ2v) is 7.05. The van der Waals surface area contributed by atoms with Gasteiger partial charge in [-0.25, -0.2) is 4.79 Å². The number of anilines is 2. The number of urea groups is 1. The standard InChI is InChI=1S/C23H21N3O2/c1-15-7-8-16-13-17(9-11-20(16)22(15)27)21-12-10-19(14-24-21)26-23(28)25-18-5-3-2-4-6-18/h2-6,9-15H,7-8H2,1H3,(H2,25,26,28). The van der Waals surface area contributed by atoms with Crippen LogP contribution in [0.25, 0.3) is 11.3 Å². The van der Waals surface area contributed by atoms with Crippen molar-refractivity contribution < 1.29 is 9.59 Å². The van der Waals surface area contributed by atoms with Crippen molar-refractivity contribution in [3.8, 4) is 11.3 Å². The van der Waals surface area contributed by atoms with E-state index in [1.54, 1.807) is 6.20 Å². The van der Waals surface area contributed by atoms with Gasteiger partial charge in [0, 0.05) is 22.7 Å². The number of amides is 2. The summed E-state index contributed by atoms with van der Waals surface area (Å²) >= 11 is 0. The molecule has 1 aliphatic rings. The van der Waals surface area contributed by atoms with Gasteiger partial charge < -0.3 is 10.6 Å². The summed E-state index contributed by atoms with van der Waals surface area (Å²) in [5.41, 5.74) is 5.04. The molecule has 0 saturated heterocycles. The molecule has 2 aromatic carbocycles. The van der Waals surface area contributed by atoms with Crippen LogP contribution < -0.4 is 10.6 Å². The molecule has 4 rings (SSSR count). The molecule has 1 unspecified atom stereocenters. The van der Waals surface area contributed by atoms with Gasteiger partial charge in [-0.2, -0.15) is 0 Å². The molecule has 3 aromatic rings. The third kappa shape index (κ3) is 3.78. The third-order valence-electron chi connectivity index (χ3n) is 5.01. The number of carbonyl (C=O) groups excluding carboxylic acids is 2. The van der Waals surface area contributed by atoms with Crippen molar-refractivity contribution in [2.45, 2.75) is 19.8 Å². The Morgan fingerprint density at radius 2 is 1.79 bits per heavy atom. The fraction of sp³-hybridized carbons (Fsp3) is 0.174. The van der Waals surface area contributed by atoms with Crippen molar-refractivity contribution in [2.75, 3.05) is 10.6 Å². The topological polar surface area (TPSA) is 71.1 Å². The molecular weight excluding hydrogens is 350 g/mol. The van der Waals surface area contributed by atoms with E-state index in [4.69, 9.17) is 0 Å². The lowest BCUT2D eigenvalue weighted by atomic mass is 9.83. The number of hydrogen-bond donors (Lipinski definition) is 2. The van der Waals surface area contributed by atoms with Crippen molar-refractivity contribution in [3.63, 3.8) is 0 Å². The van der Waals surface area contributed by atoms with Crippen molar-refractivity contribution in [1.29, 1.82) is 0 Å². The minimum atomic E-state index is -0.317. The van der Waals surface area contributed by atoms with Gasteiger partial charge in [0.2, 0.25) is 0 Å². The summed E-state index contributed by atoms with van der Waals surface area (Å²) in [7, 11) is 0. The number of nitrogens with zero attached hydrogens (tertiary/aromatic N) is 1. The van der Waals surface area contributed by atoms with E-state index in [1.807, 2.05) is 61.5 Å². The van der Waals surface area contributed by atoms with Crippen molar-refractivity contribution in [2.24, 2.45) is 5.92 Å². The Bertz CT molecular complexity index is 1010. The monoisotopic (exact) mass is 371 g/mol. The molecule has 0 spiro atoms. The normalized spacial score (nSPS) is 15.6. The second-order valence-electron chi connectivity index (χ2n) is 7.05. The van der Waals surface area contributed by atoms with E-state index >= 15 is 0 Å². The van der Waals surface area contributed by atoms with E-state index in [1.165, 1.54) is 0 Å². The third-order valence-corrected chi connectivity index (χ3v) is 5.01. The zero-order valence-corrected chi connectivity index (χ0v) is 15.6. The number of para-hydroxylation sites is 1. The molecule has 0 aliphatic heterocycles. The van der Waals surface area contributed by atoms with Gasteiger partial charge in [-0.3, -0.25) is 9.78 Å². The van der Waals surface area contributed by atoms with E-state index in [2.05, 4.69) is 21.7 Å². The van der Waals surface area contributed by atoms with Crippen LogP contribution in [0.1, 0.15) is 29.3 Å². The van der Waals surface area contributed by atoms with Crippen LogP contribution in [0.5, 0.6) is 0 Å². The van der Waals surface area contributed by atoms with Gasteiger partial charge in [-0.1, -0.05) is 37.3 Å². The molecule has 5 heteroatoms. The SMILES string of the molecule is CC1CCc2cc(-c3ccc(NC(=O)Nc4ccccc4)cn3)ccc2C1=O. The number of carbonyl (C=O) groups is 2. The van der Waals surface area contributed by atoms with Crippen LogP contribution in [-0.2, 0) is 6.42 Å². The second kappa shape index (κ2) is 7.64. The summed E-state index contributed by atoms with van der Waals surface area (Å²) in [6, 6.07) is 18.5. The molecule has 140 valence electrons. The van der Waals surface area contributed by atoms with Gasteiger partial charge in [-0.05, 0) is 48.7 Å². The number of nitrogens with one attached hydrogen (secondary N) is 2. The first kappa shape index (κ1) is 17.9. The number of pyridine rings is 1. The van der Waals surface area contributed by atoms with E-state index in [0.29, 0.717) is 5.69 Å². The fourth-order valence-corrected chi connectivity index (χ4v) is 3.42. The highest BCUT2D eigenvalue weighted by Crippen LogP contribution is 2.29. The Labute approximate surface area is 163 Å². The first-order chi connectivity index (χ1) is 13.6. The number of aryl methyl sites for hydroxylation is 1. The average molecular weight is 371 g/mol. The predicted molar refractivity (Wildman–Crippen MR) is 111 cm³/mol. The minimum absolute atomic E-state index is 0.101. The van der Waals surface area contributed by atoms with Gasteiger partial charge in [0.15, 0.2) is 5.78 Å². The molecule has 28 heavy (non-hydrogen) atoms. The van der Waals surface area contributed by atoms with E-state index in [-0.39, 0.29) is 17.7 Å². The minimum Gasteiger partial charge on any atom is -0.308 e. The zero-order valence-electron chi connectivity index (χ0n) is 15.6. The number of Topliss-reactive ketones (excluding diaryl/α,β-unsaturated/α-hetero) is 1. The van der Waals surface area contributed by atoms with Crippen LogP contribution in [0.2, 0.25) is 0 Å². The van der Waals surface area contributed by atoms with E-state index in [0.717, 1.165) is 40.9 Å². The van der Waals surface area contributed by atoms with E-state index < -0.39 is 0 Å². The molecule has 1 heterocycles. The average Bonchev–Trinajstić information content (AvgIpc) is 2.72. The summed E-state index contributed by atoms with van der Waals surface area (Å²) in [6.07, 6.45) is 3.43. The molecule has 1 atom stereocenters. The maximum Gasteiger partial charge on any atom is 0.323 e. The largest absolute Gasteiger partial charge is 0.323 e. The zero-order chi connectivity index (χ0) is 19.5. The Kier molecular flexibility index (Phi) is 4.89. The molecule has 0 bridgehead atoms. The Balaban J connectivity index is 1.46. The van der Waals surface area contributed by atoms with Gasteiger partial charge in [0.05, 0.1) is 17.6 Å². The lowest BCUT2D eigenvalue weighted by Gasteiger charge is -2.20. The maximum absolute atomic E-state index is 12.3. The summed E-state index contributed by atoms with van der Waals surface area (Å²) in [4.78, 5) is 28.8. The van der Waals surface area contributed by atoms with Crippen LogP contribution in [0, 0.1) is 5.92 Å². The predicted octanol–water partition coefficient (Wildman–Crippen LogP) is 5.16. The molecule has 0 radical (unpaired) electrons. The highest BCUT2D eigenvalue weighted by molar-refractivity contribution is 6.01. The van der Waals surface area contributed by atoms with E-state index in [9.17, 15) is 9.59 Å². The summed E-state index contributed by atoms with van der Waals surface area (Å²) < 4.78 is 0. The van der Waals surface area contributed by atoms with Crippen LogP contribution >= 0.6 is 0 Å². The van der Waals surface area contributed by atoms with Crippen LogP contribution in [0.15, 0.2) is 66.9 Å². The Morgan fingerprint density at radius 1 is 1.00 bits per heavy atom. The highest BCUT2D eigenvalue weighted by atomic mass is 16.2. The number of rotatable bonds is 3. The summed E-state index contributed by atoms with van der Waals surface area (Å²) in [6.45, 7) is 1.99. The Hall–Kier alpha value is -3.47. The van der Waals surface area contributed by atoms with Crippen molar-refractivity contribution in [1.82, 2.24) is 4.98 Å². The van der Waals surface area contributed by atoms with Crippen molar-refractivity contribution >= 4 is 23.2 Å². The van der Waals surface area contributed by atoms with Gasteiger partial charge >= 0.3 is 6.03 Å². The molecule has 5 nitrogen and oxygen atoms in total. The quantitative estimate of drug-likeness (QED) is 0.668. The maximum atomic E-state index is 12.3. The number of aromatic nitrogens is 1. The van der Waals surface area contributed by atoms with Gasteiger partial charge in [0.1, 0.15) is 0 Å². The lowest BCUT2D eigenvalue weighted by Crippen LogP contribution is -2.20. The smallest absolute Gasteiger partial charge is 0.308 e. The first-order valence-electron chi connectivity index (χ1n) is 9.37. The molecule has 2 amide bonds. The fourth-order valence-electron chi connectivity index (χ4n) is 3.42. The first-order valence-corrected chi connectivity index (χ1v) is 9.37. The number of fused-ring (bicyclic) bond motifs is 1. The van der Waals surface area contributed by atoms with Gasteiger partial charge in [-0.15, -0.1) is 0 Å². The van der Waals surface area contributed by atoms with Crippen LogP contribution in [-0.4, -0.2) is 16.8 Å². The highest BCUT2D eigenvalue weighted by Gasteiger charge is 2.23. The van der Waals surface area contributed by atoms with Gasteiger partial charge in [0.25, 0.3) is 0 Å². The van der Waals surface area contributed by atoms with Crippen molar-refractivity contribution in [3.05, 3.63) is 78.0 Å². The Morgan fingerprint density at radius 3 is 2.54 bits per heavy atom. The molecular formula is C23H21N3O2. The molecule has 0 fully saturated rings. The molecule has 0 saturated carbocycles. The summed E-state index contributed by atoms with van der Waals surface area (Å²) in [5.74, 6) is 0.327. The number of benzene rings is 2. The lowest BCUT2D eigenvalue weighted by molar-refractivity contribution is 0.0913.